The van der Waals surface area contributed by atoms with Gasteiger partial charge in [-0.05, 0) is 126 Å². The first-order chi connectivity index (χ1) is 34.5. The number of cyclic esters (lactones) is 1. The molecule has 0 fully saturated rings. The third-order valence-electron chi connectivity index (χ3n) is 13.2. The van der Waals surface area contributed by atoms with Gasteiger partial charge in [-0.25, -0.2) is 19.2 Å². The lowest BCUT2D eigenvalue weighted by atomic mass is 9.86. The van der Waals surface area contributed by atoms with Crippen molar-refractivity contribution in [1.29, 1.82) is 0 Å². The van der Waals surface area contributed by atoms with Crippen LogP contribution in [0.1, 0.15) is 132 Å². The van der Waals surface area contributed by atoms with E-state index in [9.17, 15) is 33.9 Å². The zero-order valence-corrected chi connectivity index (χ0v) is 43.0. The van der Waals surface area contributed by atoms with Crippen molar-refractivity contribution < 1.29 is 38.2 Å². The van der Waals surface area contributed by atoms with E-state index in [2.05, 4.69) is 61.8 Å². The molecule has 6 rings (SSSR count). The van der Waals surface area contributed by atoms with Crippen molar-refractivity contribution in [2.24, 2.45) is 5.92 Å². The maximum atomic E-state index is 15.0. The molecular weight excluding hydrogens is 942 g/mol. The zero-order chi connectivity index (χ0) is 52.1. The molecule has 4 aromatic rings. The minimum Gasteiger partial charge on any atom is -0.458 e. The minimum atomic E-state index is -2.00. The molecule has 3 aromatic heterocycles. The summed E-state index contributed by atoms with van der Waals surface area (Å²) in [4.78, 5) is 94.6. The van der Waals surface area contributed by atoms with Crippen LogP contribution in [0, 0.1) is 35.3 Å². The number of aryl methyl sites for hydroxylation is 2. The lowest BCUT2D eigenvalue weighted by Crippen LogP contribution is -2.56. The molecule has 0 bridgehead atoms. The Bertz CT molecular complexity index is 2830. The molecule has 5 heterocycles. The van der Waals surface area contributed by atoms with Crippen LogP contribution in [0.3, 0.4) is 0 Å². The second-order valence-corrected chi connectivity index (χ2v) is 19.3. The summed E-state index contributed by atoms with van der Waals surface area (Å²) >= 11 is 4.96. The number of hydrogen-bond donors (Lipinski definition) is 6. The summed E-state index contributed by atoms with van der Waals surface area (Å²) in [6, 6.07) is 2.81. The normalized spacial score (nSPS) is 15.4. The van der Waals surface area contributed by atoms with Crippen molar-refractivity contribution in [1.82, 2.24) is 45.7 Å². The summed E-state index contributed by atoms with van der Waals surface area (Å²) in [5.41, 5.74) is 1.81. The van der Waals surface area contributed by atoms with Gasteiger partial charge in [-0.15, -0.1) is 0 Å². The number of carbonyl (C=O) groups is 5. The third-order valence-corrected chi connectivity index (χ3v) is 13.5. The fourth-order valence-electron chi connectivity index (χ4n) is 9.30. The Hall–Kier alpha value is -6.36. The topological polar surface area (TPSA) is 230 Å². The van der Waals surface area contributed by atoms with Crippen LogP contribution in [0.2, 0.25) is 0 Å². The molecule has 386 valence electrons. The molecule has 1 aromatic carbocycles. The Morgan fingerprint density at radius 3 is 2.44 bits per heavy atom. The van der Waals surface area contributed by atoms with E-state index in [0.29, 0.717) is 76.7 Å². The van der Waals surface area contributed by atoms with E-state index >= 15 is 4.39 Å². The molecule has 4 amide bonds. The van der Waals surface area contributed by atoms with Crippen LogP contribution in [0.25, 0.3) is 22.3 Å². The number of esters is 1. The number of amides is 4. The molecule has 2 aliphatic heterocycles. The molecule has 19 heteroatoms. The highest BCUT2D eigenvalue weighted by Gasteiger charge is 2.45. The van der Waals surface area contributed by atoms with E-state index in [0.717, 1.165) is 50.0 Å². The first-order valence-electron chi connectivity index (χ1n) is 25.2. The number of fused-ring (bicyclic) bond motifs is 5. The van der Waals surface area contributed by atoms with Crippen molar-refractivity contribution in [3.63, 3.8) is 0 Å². The maximum Gasteiger partial charge on any atom is 0.343 e. The number of rotatable bonds is 24. The summed E-state index contributed by atoms with van der Waals surface area (Å²) in [6.07, 6.45) is 8.94. The highest BCUT2D eigenvalue weighted by molar-refractivity contribution is 7.71. The van der Waals surface area contributed by atoms with E-state index in [1.807, 2.05) is 13.8 Å². The predicted molar refractivity (Wildman–Crippen MR) is 273 cm³/mol. The summed E-state index contributed by atoms with van der Waals surface area (Å²) in [6.45, 7) is 13.7. The van der Waals surface area contributed by atoms with Crippen molar-refractivity contribution >= 4 is 52.7 Å². The number of carbonyl (C=O) groups excluding carboxylic acids is 5. The van der Waals surface area contributed by atoms with Crippen LogP contribution in [0.4, 0.5) is 4.39 Å². The molecule has 0 unspecified atom stereocenters. The van der Waals surface area contributed by atoms with Gasteiger partial charge in [-0.2, -0.15) is 0 Å². The average Bonchev–Trinajstić information content (AvgIpc) is 3.72. The van der Waals surface area contributed by atoms with Crippen LogP contribution < -0.4 is 26.8 Å². The predicted octanol–water partition coefficient (Wildman–Crippen LogP) is 5.28. The number of nitrogens with one attached hydrogen (secondary N) is 5. The number of pyridine rings is 2. The summed E-state index contributed by atoms with van der Waals surface area (Å²) in [5.74, 6) is 2.64. The molecule has 0 spiro atoms. The number of halogens is 1. The van der Waals surface area contributed by atoms with Gasteiger partial charge in [0.2, 0.25) is 23.6 Å². The number of nitrogens with zero attached hydrogens (tertiary/aromatic N) is 4. The highest BCUT2D eigenvalue weighted by Crippen LogP contribution is 2.41. The van der Waals surface area contributed by atoms with E-state index in [-0.39, 0.29) is 62.0 Å². The number of H-pyrrole nitrogens is 1. The van der Waals surface area contributed by atoms with Gasteiger partial charge in [-0.1, -0.05) is 46.5 Å². The van der Waals surface area contributed by atoms with E-state index < -0.39 is 52.8 Å². The van der Waals surface area contributed by atoms with Gasteiger partial charge in [0.1, 0.15) is 24.5 Å². The number of benzene rings is 1. The van der Waals surface area contributed by atoms with Crippen LogP contribution in [-0.4, -0.2) is 104 Å². The zero-order valence-electron chi connectivity index (χ0n) is 42.2. The van der Waals surface area contributed by atoms with Gasteiger partial charge in [0, 0.05) is 54.4 Å². The Kier molecular flexibility index (Phi) is 19.3. The fourth-order valence-corrected chi connectivity index (χ4v) is 9.41. The Morgan fingerprint density at radius 1 is 0.986 bits per heavy atom. The molecule has 3 atom stereocenters. The summed E-state index contributed by atoms with van der Waals surface area (Å²) in [5, 5.41) is 23.3. The van der Waals surface area contributed by atoms with Crippen LogP contribution in [-0.2, 0) is 53.9 Å². The van der Waals surface area contributed by atoms with E-state index in [1.165, 1.54) is 10.6 Å². The Balaban J connectivity index is 1.08. The van der Waals surface area contributed by atoms with Crippen molar-refractivity contribution in [2.75, 3.05) is 32.7 Å². The number of unbranched alkanes of at least 4 members (excludes halogenated alkanes) is 2. The number of ether oxygens (including phenoxy) is 1. The smallest absolute Gasteiger partial charge is 0.343 e. The van der Waals surface area contributed by atoms with Gasteiger partial charge in [-0.3, -0.25) is 24.0 Å². The van der Waals surface area contributed by atoms with Gasteiger partial charge in [0.25, 0.3) is 5.56 Å². The maximum absolute atomic E-state index is 15.0. The SMILES string of the molecule is CCCN(CCC)CCCC[C@H](NC(=O)[C@@H](NC(=O)CCCC#Cc1cnc(=S)[nH]c1)C(C)C)C(=O)NCC(=O)NCCCc1c2c(nc3cc(F)c(C)cc13)-c1cc3c(c(=O)n1C2)COC(=O)[C@]3(O)CC. The molecular formula is C53H68FN9O8S. The first kappa shape index (κ1) is 55.0. The molecule has 0 saturated carbocycles. The van der Waals surface area contributed by atoms with E-state index in [4.69, 9.17) is 21.9 Å². The van der Waals surface area contributed by atoms with Crippen LogP contribution in [0.15, 0.2) is 35.4 Å². The molecule has 0 saturated heterocycles. The van der Waals surface area contributed by atoms with Crippen LogP contribution >= 0.6 is 12.2 Å². The molecule has 72 heavy (non-hydrogen) atoms. The quantitative estimate of drug-likeness (QED) is 0.0201. The van der Waals surface area contributed by atoms with Crippen molar-refractivity contribution in [3.05, 3.63) is 84.9 Å². The standard InChI is InChI=1S/C53H68FN9O8S/c1-7-21-62(22-8-2)23-14-13-18-41(60-49(67)46(32(4)5)61-44(64)19-12-10-11-16-34-27-57-52(72)58-28-34)48(66)56-29-45(65)55-20-15-17-35-36-24-33(6)40(54)26-42(36)59-47-37(35)30-63-43(47)25-39-38(50(63)68)31-71-51(69)53(39,70)9-3/h24-28,32,41,46,70H,7-10,12-15,17-23,29-31H2,1-6H3,(H,55,65)(H,56,66)(H,60,67)(H,61,64)(H,57,58,72)/t41-,46-,53-/m0/s1. The first-order valence-corrected chi connectivity index (χ1v) is 25.6. The molecule has 0 aliphatic carbocycles. The van der Waals surface area contributed by atoms with E-state index in [1.54, 1.807) is 38.4 Å². The van der Waals surface area contributed by atoms with Gasteiger partial charge >= 0.3 is 5.97 Å². The number of aliphatic hydroxyl groups is 1. The van der Waals surface area contributed by atoms with Crippen molar-refractivity contribution in [2.45, 2.75) is 143 Å². The Labute approximate surface area is 424 Å². The number of hydrogen-bond acceptors (Lipinski definition) is 12. The monoisotopic (exact) mass is 1010 g/mol. The molecule has 0 radical (unpaired) electrons. The second kappa shape index (κ2) is 25.3. The minimum absolute atomic E-state index is 0.0103. The molecule has 2 aliphatic rings. The van der Waals surface area contributed by atoms with Gasteiger partial charge in [0.15, 0.2) is 10.4 Å². The highest BCUT2D eigenvalue weighted by atomic mass is 32.1. The molecule has 17 nitrogen and oxygen atoms in total. The lowest BCUT2D eigenvalue weighted by Gasteiger charge is -2.31. The Morgan fingerprint density at radius 2 is 1.75 bits per heavy atom. The summed E-state index contributed by atoms with van der Waals surface area (Å²) in [7, 11) is 0. The lowest BCUT2D eigenvalue weighted by molar-refractivity contribution is -0.172. The molecule has 6 N–H and O–H groups in total. The summed E-state index contributed by atoms with van der Waals surface area (Å²) < 4.78 is 22.1. The average molecular weight is 1010 g/mol. The van der Waals surface area contributed by atoms with Crippen molar-refractivity contribution in [3.8, 4) is 23.2 Å². The largest absolute Gasteiger partial charge is 0.458 e. The van der Waals surface area contributed by atoms with Crippen LogP contribution in [0.5, 0.6) is 0 Å². The van der Waals surface area contributed by atoms with Gasteiger partial charge in [0.05, 0.1) is 41.1 Å². The number of aromatic nitrogens is 4. The van der Waals surface area contributed by atoms with Gasteiger partial charge < -0.3 is 45.6 Å². The third kappa shape index (κ3) is 13.4. The number of aromatic amines is 1. The second-order valence-electron chi connectivity index (χ2n) is 19.0. The fraction of sp³-hybridized carbons (Fsp3) is 0.528.